The van der Waals surface area contributed by atoms with E-state index in [4.69, 9.17) is 14.6 Å². The van der Waals surface area contributed by atoms with Crippen molar-refractivity contribution in [3.05, 3.63) is 70.9 Å². The zero-order valence-electron chi connectivity index (χ0n) is 17.9. The molecule has 0 aliphatic carbocycles. The van der Waals surface area contributed by atoms with Crippen LogP contribution in [-0.2, 0) is 11.3 Å². The summed E-state index contributed by atoms with van der Waals surface area (Å²) in [7, 11) is 1.61. The number of ether oxygens (including phenoxy) is 2. The highest BCUT2D eigenvalue weighted by molar-refractivity contribution is 5.72. The number of rotatable bonds is 7. The molecule has 1 aliphatic rings. The van der Waals surface area contributed by atoms with Crippen molar-refractivity contribution >= 4 is 11.7 Å². The third-order valence-electron chi connectivity index (χ3n) is 5.82. The minimum Gasteiger partial charge on any atom is -0.493 e. The lowest BCUT2D eigenvalue weighted by molar-refractivity contribution is -0.137. The number of nitrogens with zero attached hydrogens (tertiary/aromatic N) is 1. The number of fused-ring (bicyclic) bond motifs is 1. The molecule has 1 aromatic heterocycles. The van der Waals surface area contributed by atoms with Gasteiger partial charge in [-0.2, -0.15) is 0 Å². The first-order valence-corrected chi connectivity index (χ1v) is 10.3. The standard InChI is InChI=1S/C25H26N2O4/c1-15-4-5-17(16(2)25(15)18-6-9-23(30-3)27-13-18)12-26-20-7-8-21-19(10-24(28)29)14-31-22(21)11-20/h4-9,11,13,19,26H,10,12,14H2,1-3H3,(H,28,29)/t19-/m1/s1. The average molecular weight is 418 g/mol. The summed E-state index contributed by atoms with van der Waals surface area (Å²) in [6.07, 6.45) is 1.93. The van der Waals surface area contributed by atoms with Gasteiger partial charge in [-0.1, -0.05) is 18.2 Å². The minimum atomic E-state index is -0.804. The van der Waals surface area contributed by atoms with Gasteiger partial charge in [0.15, 0.2) is 0 Å². The van der Waals surface area contributed by atoms with Gasteiger partial charge >= 0.3 is 5.97 Å². The van der Waals surface area contributed by atoms with Crippen molar-refractivity contribution in [2.24, 2.45) is 0 Å². The van der Waals surface area contributed by atoms with Crippen molar-refractivity contribution in [2.75, 3.05) is 19.0 Å². The second-order valence-electron chi connectivity index (χ2n) is 7.84. The zero-order valence-corrected chi connectivity index (χ0v) is 17.9. The van der Waals surface area contributed by atoms with Crippen LogP contribution in [0.2, 0.25) is 0 Å². The second kappa shape index (κ2) is 8.68. The van der Waals surface area contributed by atoms with Crippen LogP contribution in [0.15, 0.2) is 48.7 Å². The van der Waals surface area contributed by atoms with Crippen LogP contribution < -0.4 is 14.8 Å². The van der Waals surface area contributed by atoms with Gasteiger partial charge in [-0.25, -0.2) is 4.98 Å². The molecule has 6 heteroatoms. The summed E-state index contributed by atoms with van der Waals surface area (Å²) >= 11 is 0. The van der Waals surface area contributed by atoms with E-state index in [1.165, 1.54) is 22.3 Å². The molecule has 3 aromatic rings. The molecule has 31 heavy (non-hydrogen) atoms. The van der Waals surface area contributed by atoms with Gasteiger partial charge < -0.3 is 19.9 Å². The number of anilines is 1. The highest BCUT2D eigenvalue weighted by Crippen LogP contribution is 2.38. The van der Waals surface area contributed by atoms with Crippen LogP contribution in [0.5, 0.6) is 11.6 Å². The SMILES string of the molecule is COc1ccc(-c2c(C)ccc(CNc3ccc4c(c3)OC[C@H]4CC(=O)O)c2C)cn1. The Bertz CT molecular complexity index is 1110. The molecule has 1 atom stereocenters. The first-order valence-electron chi connectivity index (χ1n) is 10.3. The van der Waals surface area contributed by atoms with Crippen LogP contribution in [-0.4, -0.2) is 29.8 Å². The number of carboxylic acids is 1. The topological polar surface area (TPSA) is 80.7 Å². The molecule has 0 unspecified atom stereocenters. The van der Waals surface area contributed by atoms with E-state index < -0.39 is 5.97 Å². The number of methoxy groups -OCH3 is 1. The number of carbonyl (C=O) groups is 1. The first kappa shape index (κ1) is 20.7. The average Bonchev–Trinajstić information content (AvgIpc) is 3.15. The van der Waals surface area contributed by atoms with Crippen molar-refractivity contribution in [3.8, 4) is 22.8 Å². The highest BCUT2D eigenvalue weighted by Gasteiger charge is 2.26. The Hall–Kier alpha value is -3.54. The monoisotopic (exact) mass is 418 g/mol. The van der Waals surface area contributed by atoms with Gasteiger partial charge in [0, 0.05) is 47.6 Å². The predicted molar refractivity (Wildman–Crippen MR) is 120 cm³/mol. The van der Waals surface area contributed by atoms with Crippen molar-refractivity contribution in [1.82, 2.24) is 4.98 Å². The molecule has 2 aromatic carbocycles. The van der Waals surface area contributed by atoms with Crippen LogP contribution in [0.1, 0.15) is 34.6 Å². The van der Waals surface area contributed by atoms with Crippen LogP contribution >= 0.6 is 0 Å². The molecule has 160 valence electrons. The van der Waals surface area contributed by atoms with E-state index in [1.807, 2.05) is 36.5 Å². The quantitative estimate of drug-likeness (QED) is 0.566. The summed E-state index contributed by atoms with van der Waals surface area (Å²) in [6.45, 7) is 5.32. The zero-order chi connectivity index (χ0) is 22.0. The maximum Gasteiger partial charge on any atom is 0.304 e. The molecule has 0 radical (unpaired) electrons. The summed E-state index contributed by atoms with van der Waals surface area (Å²) in [6, 6.07) is 14.1. The Morgan fingerprint density at radius 1 is 1.23 bits per heavy atom. The van der Waals surface area contributed by atoms with Crippen molar-refractivity contribution < 1.29 is 19.4 Å². The molecule has 0 spiro atoms. The lowest BCUT2D eigenvalue weighted by atomic mass is 9.93. The van der Waals surface area contributed by atoms with E-state index in [9.17, 15) is 4.79 Å². The van der Waals surface area contributed by atoms with Crippen molar-refractivity contribution in [1.29, 1.82) is 0 Å². The molecule has 6 nitrogen and oxygen atoms in total. The van der Waals surface area contributed by atoms with E-state index in [1.54, 1.807) is 7.11 Å². The molecule has 0 bridgehead atoms. The number of pyridine rings is 1. The van der Waals surface area contributed by atoms with Crippen molar-refractivity contribution in [3.63, 3.8) is 0 Å². The summed E-state index contributed by atoms with van der Waals surface area (Å²) in [5.74, 6) is 0.478. The van der Waals surface area contributed by atoms with E-state index in [0.717, 1.165) is 22.6 Å². The fourth-order valence-electron chi connectivity index (χ4n) is 4.14. The summed E-state index contributed by atoms with van der Waals surface area (Å²) < 4.78 is 10.9. The molecule has 2 heterocycles. The summed E-state index contributed by atoms with van der Waals surface area (Å²) in [5.41, 5.74) is 7.76. The third-order valence-corrected chi connectivity index (χ3v) is 5.82. The molecule has 4 rings (SSSR count). The molecule has 2 N–H and O–H groups in total. The Labute approximate surface area is 181 Å². The number of nitrogens with one attached hydrogen (secondary N) is 1. The highest BCUT2D eigenvalue weighted by atomic mass is 16.5. The van der Waals surface area contributed by atoms with Crippen molar-refractivity contribution in [2.45, 2.75) is 32.7 Å². The van der Waals surface area contributed by atoms with Gasteiger partial charge in [0.25, 0.3) is 0 Å². The molecular formula is C25H26N2O4. The lowest BCUT2D eigenvalue weighted by Crippen LogP contribution is -2.07. The van der Waals surface area contributed by atoms with Gasteiger partial charge in [-0.05, 0) is 48.2 Å². The largest absolute Gasteiger partial charge is 0.493 e. The second-order valence-corrected chi connectivity index (χ2v) is 7.84. The number of aryl methyl sites for hydroxylation is 1. The fourth-order valence-corrected chi connectivity index (χ4v) is 4.14. The van der Waals surface area contributed by atoms with Gasteiger partial charge in [0.1, 0.15) is 5.75 Å². The van der Waals surface area contributed by atoms with E-state index in [-0.39, 0.29) is 12.3 Å². The summed E-state index contributed by atoms with van der Waals surface area (Å²) in [5, 5.41) is 12.5. The number of aliphatic carboxylic acids is 1. The Morgan fingerprint density at radius 3 is 2.77 bits per heavy atom. The number of hydrogen-bond acceptors (Lipinski definition) is 5. The van der Waals surface area contributed by atoms with E-state index in [2.05, 4.69) is 36.3 Å². The third kappa shape index (κ3) is 4.33. The number of carboxylic acid groups (broad SMARTS) is 1. The molecule has 0 saturated heterocycles. The van der Waals surface area contributed by atoms with Gasteiger partial charge in [0.05, 0.1) is 20.1 Å². The smallest absolute Gasteiger partial charge is 0.304 e. The van der Waals surface area contributed by atoms with E-state index in [0.29, 0.717) is 19.0 Å². The van der Waals surface area contributed by atoms with E-state index >= 15 is 0 Å². The molecule has 0 amide bonds. The van der Waals surface area contributed by atoms with Crippen LogP contribution in [0, 0.1) is 13.8 Å². The summed E-state index contributed by atoms with van der Waals surface area (Å²) in [4.78, 5) is 15.4. The number of aromatic nitrogens is 1. The normalized spacial score (nSPS) is 14.6. The Kier molecular flexibility index (Phi) is 5.80. The Morgan fingerprint density at radius 2 is 2.06 bits per heavy atom. The maximum atomic E-state index is 11.0. The van der Waals surface area contributed by atoms with Crippen LogP contribution in [0.25, 0.3) is 11.1 Å². The molecular weight excluding hydrogens is 392 g/mol. The molecule has 1 aliphatic heterocycles. The number of hydrogen-bond donors (Lipinski definition) is 2. The molecule has 0 saturated carbocycles. The van der Waals surface area contributed by atoms with Crippen LogP contribution in [0.4, 0.5) is 5.69 Å². The van der Waals surface area contributed by atoms with Gasteiger partial charge in [-0.15, -0.1) is 0 Å². The minimum absolute atomic E-state index is 0.0819. The Balaban J connectivity index is 1.52. The van der Waals surface area contributed by atoms with Gasteiger partial charge in [-0.3, -0.25) is 4.79 Å². The predicted octanol–water partition coefficient (Wildman–Crippen LogP) is 4.94. The first-order chi connectivity index (χ1) is 15.0. The maximum absolute atomic E-state index is 11.0. The lowest BCUT2D eigenvalue weighted by Gasteiger charge is -2.16. The number of benzene rings is 2. The van der Waals surface area contributed by atoms with Crippen LogP contribution in [0.3, 0.4) is 0 Å². The molecule has 0 fully saturated rings. The fraction of sp³-hybridized carbons (Fsp3) is 0.280. The van der Waals surface area contributed by atoms with Gasteiger partial charge in [0.2, 0.25) is 5.88 Å².